The van der Waals surface area contributed by atoms with Gasteiger partial charge in [0.2, 0.25) is 5.88 Å². The first-order chi connectivity index (χ1) is 14.8. The maximum atomic E-state index is 12.7. The lowest BCUT2D eigenvalue weighted by atomic mass is 9.97. The second-order valence-corrected chi connectivity index (χ2v) is 7.32. The number of amides is 2. The Hall–Kier alpha value is -3.94. The van der Waals surface area contributed by atoms with E-state index in [4.69, 9.17) is 9.84 Å². The molecule has 3 aromatic rings. The summed E-state index contributed by atoms with van der Waals surface area (Å²) in [5.41, 5.74) is 4.74. The van der Waals surface area contributed by atoms with Crippen molar-refractivity contribution in [1.82, 2.24) is 9.97 Å². The van der Waals surface area contributed by atoms with Crippen LogP contribution in [0.3, 0.4) is 0 Å². The van der Waals surface area contributed by atoms with Gasteiger partial charge in [0, 0.05) is 23.6 Å². The van der Waals surface area contributed by atoms with Crippen LogP contribution < -0.4 is 15.4 Å². The molecule has 3 rings (SSSR count). The average molecular weight is 420 g/mol. The van der Waals surface area contributed by atoms with E-state index in [9.17, 15) is 9.59 Å². The number of nitrogens with one attached hydrogen (secondary N) is 2. The number of methoxy groups -OCH3 is 1. The number of carbonyl (C=O) groups is 2. The summed E-state index contributed by atoms with van der Waals surface area (Å²) in [4.78, 5) is 32.1. The van der Waals surface area contributed by atoms with E-state index in [1.165, 1.54) is 25.1 Å². The van der Waals surface area contributed by atoms with Crippen molar-refractivity contribution < 1.29 is 19.4 Å². The van der Waals surface area contributed by atoms with Crippen molar-refractivity contribution in [3.8, 4) is 17.0 Å². The summed E-state index contributed by atoms with van der Waals surface area (Å²) < 4.78 is 5.08. The van der Waals surface area contributed by atoms with E-state index in [0.717, 1.165) is 5.56 Å². The summed E-state index contributed by atoms with van der Waals surface area (Å²) in [6.45, 7) is 6.27. The zero-order valence-electron chi connectivity index (χ0n) is 17.8. The van der Waals surface area contributed by atoms with Gasteiger partial charge in [0.1, 0.15) is 11.4 Å². The Morgan fingerprint density at radius 3 is 2.45 bits per heavy atom. The van der Waals surface area contributed by atoms with Gasteiger partial charge in [-0.25, -0.2) is 9.78 Å². The van der Waals surface area contributed by atoms with Crippen molar-refractivity contribution in [3.05, 3.63) is 65.6 Å². The molecular weight excluding hydrogens is 396 g/mol. The number of ether oxygens (including phenoxy) is 1. The van der Waals surface area contributed by atoms with E-state index < -0.39 is 6.09 Å². The van der Waals surface area contributed by atoms with Crippen LogP contribution in [0.15, 0.2) is 48.8 Å². The van der Waals surface area contributed by atoms with Gasteiger partial charge in [-0.1, -0.05) is 19.9 Å². The molecule has 0 spiro atoms. The van der Waals surface area contributed by atoms with Gasteiger partial charge in [-0.05, 0) is 59.9 Å². The fourth-order valence-corrected chi connectivity index (χ4v) is 3.31. The van der Waals surface area contributed by atoms with Crippen LogP contribution in [-0.2, 0) is 0 Å². The molecule has 0 aliphatic heterocycles. The van der Waals surface area contributed by atoms with Crippen LogP contribution >= 0.6 is 0 Å². The highest BCUT2D eigenvalue weighted by molar-refractivity contribution is 6.03. The van der Waals surface area contributed by atoms with Crippen LogP contribution in [0, 0.1) is 6.92 Å². The van der Waals surface area contributed by atoms with Crippen molar-refractivity contribution in [2.45, 2.75) is 26.7 Å². The minimum absolute atomic E-state index is 0.151. The van der Waals surface area contributed by atoms with E-state index in [-0.39, 0.29) is 23.2 Å². The van der Waals surface area contributed by atoms with E-state index in [2.05, 4.69) is 34.4 Å². The van der Waals surface area contributed by atoms with Crippen molar-refractivity contribution in [2.24, 2.45) is 0 Å². The Labute approximate surface area is 180 Å². The van der Waals surface area contributed by atoms with E-state index in [1.54, 1.807) is 18.2 Å². The van der Waals surface area contributed by atoms with Crippen LogP contribution in [0.5, 0.6) is 5.88 Å². The van der Waals surface area contributed by atoms with Gasteiger partial charge in [-0.2, -0.15) is 0 Å². The maximum Gasteiger partial charge on any atom is 0.409 e. The van der Waals surface area contributed by atoms with Crippen LogP contribution in [-0.4, -0.2) is 34.2 Å². The molecule has 2 aromatic heterocycles. The van der Waals surface area contributed by atoms with Gasteiger partial charge >= 0.3 is 6.09 Å². The highest BCUT2D eigenvalue weighted by Crippen LogP contribution is 2.28. The smallest absolute Gasteiger partial charge is 0.409 e. The van der Waals surface area contributed by atoms with Crippen molar-refractivity contribution in [2.75, 3.05) is 17.7 Å². The monoisotopic (exact) mass is 420 g/mol. The molecule has 1 aromatic carbocycles. The number of carboxylic acid groups (broad SMARTS) is 1. The average Bonchev–Trinajstić information content (AvgIpc) is 2.73. The molecule has 8 heteroatoms. The third-order valence-corrected chi connectivity index (χ3v) is 4.76. The number of hydrogen-bond acceptors (Lipinski definition) is 5. The van der Waals surface area contributed by atoms with Crippen molar-refractivity contribution >= 4 is 23.4 Å². The first-order valence-corrected chi connectivity index (χ1v) is 9.70. The molecule has 0 saturated heterocycles. The Morgan fingerprint density at radius 2 is 1.81 bits per heavy atom. The molecule has 8 nitrogen and oxygen atoms in total. The fraction of sp³-hybridized carbons (Fsp3) is 0.217. The van der Waals surface area contributed by atoms with Crippen LogP contribution in [0.1, 0.15) is 41.4 Å². The van der Waals surface area contributed by atoms with Gasteiger partial charge in [-0.3, -0.25) is 15.1 Å². The zero-order chi connectivity index (χ0) is 22.5. The second-order valence-electron chi connectivity index (χ2n) is 7.32. The number of nitrogens with zero attached hydrogens (tertiary/aromatic N) is 2. The van der Waals surface area contributed by atoms with E-state index in [1.807, 2.05) is 25.1 Å². The fourth-order valence-electron chi connectivity index (χ4n) is 3.31. The first-order valence-electron chi connectivity index (χ1n) is 9.70. The molecule has 0 radical (unpaired) electrons. The molecule has 0 unspecified atom stereocenters. The van der Waals surface area contributed by atoms with Crippen molar-refractivity contribution in [1.29, 1.82) is 0 Å². The number of hydrogen-bond donors (Lipinski definition) is 3. The zero-order valence-corrected chi connectivity index (χ0v) is 17.8. The minimum Gasteiger partial charge on any atom is -0.480 e. The molecule has 0 saturated carbocycles. The molecule has 0 aliphatic rings. The van der Waals surface area contributed by atoms with Gasteiger partial charge in [0.15, 0.2) is 0 Å². The summed E-state index contributed by atoms with van der Waals surface area (Å²) >= 11 is 0. The molecule has 0 bridgehead atoms. The number of anilines is 2. The molecule has 31 heavy (non-hydrogen) atoms. The normalized spacial score (nSPS) is 10.6. The SMILES string of the molecule is COc1ncc(-c2ccnc(C(=O)Nc3ccc(C(C)C)c(C)c3)c2)cc1NC(=O)O. The molecule has 160 valence electrons. The maximum absolute atomic E-state index is 12.7. The quantitative estimate of drug-likeness (QED) is 0.521. The van der Waals surface area contributed by atoms with Crippen molar-refractivity contribution in [3.63, 3.8) is 0 Å². The predicted molar refractivity (Wildman–Crippen MR) is 119 cm³/mol. The molecule has 0 aliphatic carbocycles. The largest absolute Gasteiger partial charge is 0.480 e. The predicted octanol–water partition coefficient (Wildman–Crippen LogP) is 4.93. The summed E-state index contributed by atoms with van der Waals surface area (Å²) in [5.74, 6) is 0.212. The molecular formula is C23H24N4O4. The minimum atomic E-state index is -1.23. The van der Waals surface area contributed by atoms with Gasteiger partial charge in [0.25, 0.3) is 5.91 Å². The van der Waals surface area contributed by atoms with Gasteiger partial charge < -0.3 is 15.2 Å². The van der Waals surface area contributed by atoms with E-state index >= 15 is 0 Å². The number of pyridine rings is 2. The number of aryl methyl sites for hydroxylation is 1. The molecule has 0 fully saturated rings. The summed E-state index contributed by atoms with van der Waals surface area (Å²) in [5, 5.41) is 14.1. The van der Waals surface area contributed by atoms with E-state index in [0.29, 0.717) is 22.7 Å². The summed E-state index contributed by atoms with van der Waals surface area (Å²) in [6.07, 6.45) is 1.83. The van der Waals surface area contributed by atoms with Crippen LogP contribution in [0.25, 0.3) is 11.1 Å². The number of aromatic nitrogens is 2. The van der Waals surface area contributed by atoms with Crippen LogP contribution in [0.2, 0.25) is 0 Å². The van der Waals surface area contributed by atoms with Crippen LogP contribution in [0.4, 0.5) is 16.2 Å². The van der Waals surface area contributed by atoms with Gasteiger partial charge in [0.05, 0.1) is 7.11 Å². The Bertz CT molecular complexity index is 1130. The van der Waals surface area contributed by atoms with Gasteiger partial charge in [-0.15, -0.1) is 0 Å². The number of benzene rings is 1. The third kappa shape index (κ3) is 5.16. The Balaban J connectivity index is 1.85. The Kier molecular flexibility index (Phi) is 6.49. The highest BCUT2D eigenvalue weighted by atomic mass is 16.5. The lowest BCUT2D eigenvalue weighted by Crippen LogP contribution is -2.14. The number of carbonyl (C=O) groups excluding carboxylic acids is 1. The summed E-state index contributed by atoms with van der Waals surface area (Å²) in [7, 11) is 1.40. The Morgan fingerprint density at radius 1 is 1.03 bits per heavy atom. The first kappa shape index (κ1) is 21.8. The molecule has 2 heterocycles. The number of rotatable bonds is 6. The molecule has 3 N–H and O–H groups in total. The lowest BCUT2D eigenvalue weighted by molar-refractivity contribution is 0.102. The second kappa shape index (κ2) is 9.25. The molecule has 2 amide bonds. The topological polar surface area (TPSA) is 113 Å². The summed E-state index contributed by atoms with van der Waals surface area (Å²) in [6, 6.07) is 10.8. The third-order valence-electron chi connectivity index (χ3n) is 4.76. The highest BCUT2D eigenvalue weighted by Gasteiger charge is 2.14. The lowest BCUT2D eigenvalue weighted by Gasteiger charge is -2.12. The standard InChI is InChI=1S/C23H24N4O4/c1-13(2)18-6-5-17(9-14(18)3)26-21(28)19-10-15(7-8-24-19)16-11-20(27-23(29)30)22(31-4)25-12-16/h5-13,27H,1-4H3,(H,26,28)(H,29,30). The molecule has 0 atom stereocenters.